The molecule has 1 aromatic rings. The van der Waals surface area contributed by atoms with Crippen LogP contribution in [0.2, 0.25) is 0 Å². The van der Waals surface area contributed by atoms with Gasteiger partial charge in [0.1, 0.15) is 5.60 Å². The van der Waals surface area contributed by atoms with Gasteiger partial charge in [0.05, 0.1) is 23.7 Å². The summed E-state index contributed by atoms with van der Waals surface area (Å²) in [5.41, 5.74) is 2.30. The van der Waals surface area contributed by atoms with Gasteiger partial charge < -0.3 is 15.0 Å². The minimum absolute atomic E-state index is 0.0429. The third-order valence-corrected chi connectivity index (χ3v) is 5.67. The van der Waals surface area contributed by atoms with Gasteiger partial charge in [-0.05, 0) is 44.6 Å². The standard InChI is InChI=1S/C24H31N3O3S/c1-15(2)13-25-19(28)12-18-14-31-23-26-16(3)20(22(29)30-24(4,5)6)21(27(18)23)17-10-8-7-9-11-17/h7-11,14-15,21H,12-13H2,1-6H3,(H,25,28)/t21-/m0/s1. The van der Waals surface area contributed by atoms with Crippen LogP contribution in [0.3, 0.4) is 0 Å². The molecular formula is C24H31N3O3S. The van der Waals surface area contributed by atoms with Crippen LogP contribution in [0.25, 0.3) is 0 Å². The smallest absolute Gasteiger partial charge is 0.338 e. The summed E-state index contributed by atoms with van der Waals surface area (Å²) >= 11 is 1.48. The van der Waals surface area contributed by atoms with Gasteiger partial charge in [0.25, 0.3) is 0 Å². The molecule has 7 heteroatoms. The Morgan fingerprint density at radius 2 is 1.90 bits per heavy atom. The molecule has 0 fully saturated rings. The van der Waals surface area contributed by atoms with Crippen LogP contribution in [0, 0.1) is 5.92 Å². The number of carbonyl (C=O) groups is 2. The number of amides is 1. The van der Waals surface area contributed by atoms with E-state index in [4.69, 9.17) is 4.74 Å². The number of benzene rings is 1. The fourth-order valence-electron chi connectivity index (χ4n) is 3.46. The van der Waals surface area contributed by atoms with E-state index in [0.717, 1.165) is 16.4 Å². The molecular weight excluding hydrogens is 410 g/mol. The van der Waals surface area contributed by atoms with E-state index >= 15 is 0 Å². The summed E-state index contributed by atoms with van der Waals surface area (Å²) in [5, 5.41) is 5.70. The second-order valence-electron chi connectivity index (χ2n) is 9.18. The van der Waals surface area contributed by atoms with E-state index in [1.54, 1.807) is 0 Å². The van der Waals surface area contributed by atoms with Crippen LogP contribution in [-0.2, 0) is 14.3 Å². The van der Waals surface area contributed by atoms with Crippen LogP contribution in [0.1, 0.15) is 59.6 Å². The van der Waals surface area contributed by atoms with Crippen LogP contribution in [0.15, 0.2) is 57.7 Å². The second kappa shape index (κ2) is 9.30. The van der Waals surface area contributed by atoms with Gasteiger partial charge in [0, 0.05) is 12.2 Å². The van der Waals surface area contributed by atoms with Crippen LogP contribution in [0.5, 0.6) is 0 Å². The molecule has 2 heterocycles. The Kier molecular flexibility index (Phi) is 6.94. The number of fused-ring (bicyclic) bond motifs is 1. The number of esters is 1. The SMILES string of the molecule is CC1=C(C(=O)OC(C)(C)C)[C@H](c2ccccc2)N2C(CC(=O)NCC(C)C)=CSC2=N1. The van der Waals surface area contributed by atoms with Crippen LogP contribution in [-0.4, -0.2) is 34.1 Å². The highest BCUT2D eigenvalue weighted by Gasteiger charge is 2.41. The normalized spacial score (nSPS) is 18.5. The average molecular weight is 442 g/mol. The first kappa shape index (κ1) is 23.1. The van der Waals surface area contributed by atoms with E-state index in [-0.39, 0.29) is 18.3 Å². The summed E-state index contributed by atoms with van der Waals surface area (Å²) in [6.07, 6.45) is 0.225. The fraction of sp³-hybridized carbons (Fsp3) is 0.458. The van der Waals surface area contributed by atoms with Crippen molar-refractivity contribution in [1.82, 2.24) is 10.2 Å². The number of nitrogens with zero attached hydrogens (tertiary/aromatic N) is 2. The minimum Gasteiger partial charge on any atom is -0.456 e. The number of ether oxygens (including phenoxy) is 1. The molecule has 31 heavy (non-hydrogen) atoms. The molecule has 2 aliphatic rings. The van der Waals surface area contributed by atoms with Crippen molar-refractivity contribution < 1.29 is 14.3 Å². The van der Waals surface area contributed by atoms with Gasteiger partial charge in [-0.3, -0.25) is 4.79 Å². The van der Waals surface area contributed by atoms with Gasteiger partial charge in [0.15, 0.2) is 5.17 Å². The molecule has 0 unspecified atom stereocenters. The van der Waals surface area contributed by atoms with Crippen molar-refractivity contribution in [2.45, 2.75) is 59.6 Å². The van der Waals surface area contributed by atoms with E-state index < -0.39 is 11.6 Å². The number of aliphatic imine (C=N–C) groups is 1. The fourth-order valence-corrected chi connectivity index (χ4v) is 4.42. The molecule has 1 N–H and O–H groups in total. The van der Waals surface area contributed by atoms with Gasteiger partial charge in [-0.2, -0.15) is 0 Å². The number of nitrogens with one attached hydrogen (secondary N) is 1. The predicted octanol–water partition coefficient (Wildman–Crippen LogP) is 4.77. The molecule has 6 nitrogen and oxygen atoms in total. The van der Waals surface area contributed by atoms with Crippen LogP contribution >= 0.6 is 11.8 Å². The highest BCUT2D eigenvalue weighted by molar-refractivity contribution is 8.16. The molecule has 0 aromatic heterocycles. The largest absolute Gasteiger partial charge is 0.456 e. The topological polar surface area (TPSA) is 71.0 Å². The van der Waals surface area contributed by atoms with Crippen molar-refractivity contribution in [3.63, 3.8) is 0 Å². The predicted molar refractivity (Wildman–Crippen MR) is 125 cm³/mol. The molecule has 0 aliphatic carbocycles. The number of amidine groups is 1. The summed E-state index contributed by atoms with van der Waals surface area (Å²) in [5.74, 6) is -0.0507. The number of carbonyl (C=O) groups excluding carboxylic acids is 2. The summed E-state index contributed by atoms with van der Waals surface area (Å²) < 4.78 is 5.73. The van der Waals surface area contributed by atoms with Crippen molar-refractivity contribution >= 4 is 28.8 Å². The average Bonchev–Trinajstić information content (AvgIpc) is 3.06. The number of thioether (sulfide) groups is 1. The Bertz CT molecular complexity index is 943. The van der Waals surface area contributed by atoms with Gasteiger partial charge in [-0.25, -0.2) is 9.79 Å². The molecule has 3 rings (SSSR count). The molecule has 0 bridgehead atoms. The van der Waals surface area contributed by atoms with Crippen LogP contribution < -0.4 is 5.32 Å². The number of allylic oxidation sites excluding steroid dienone is 1. The molecule has 1 aromatic carbocycles. The van der Waals surface area contributed by atoms with Gasteiger partial charge >= 0.3 is 5.97 Å². The third kappa shape index (κ3) is 5.58. The number of hydrogen-bond donors (Lipinski definition) is 1. The maximum absolute atomic E-state index is 13.2. The quantitative estimate of drug-likeness (QED) is 0.644. The van der Waals surface area contributed by atoms with E-state index in [1.165, 1.54) is 11.8 Å². The summed E-state index contributed by atoms with van der Waals surface area (Å²) in [7, 11) is 0. The van der Waals surface area contributed by atoms with Crippen molar-refractivity contribution in [3.05, 3.63) is 58.3 Å². The maximum Gasteiger partial charge on any atom is 0.338 e. The molecule has 0 saturated carbocycles. The first-order valence-corrected chi connectivity index (χ1v) is 11.4. The van der Waals surface area contributed by atoms with Gasteiger partial charge in [0.2, 0.25) is 5.91 Å². The zero-order valence-electron chi connectivity index (χ0n) is 19.1. The Labute approximate surface area is 188 Å². The molecule has 1 atom stereocenters. The van der Waals surface area contributed by atoms with E-state index in [9.17, 15) is 9.59 Å². The highest BCUT2D eigenvalue weighted by Crippen LogP contribution is 2.45. The van der Waals surface area contributed by atoms with Crippen molar-refractivity contribution in [2.24, 2.45) is 10.9 Å². The first-order valence-electron chi connectivity index (χ1n) is 10.6. The van der Waals surface area contributed by atoms with E-state index in [0.29, 0.717) is 23.7 Å². The Morgan fingerprint density at radius 3 is 2.52 bits per heavy atom. The Morgan fingerprint density at radius 1 is 1.23 bits per heavy atom. The van der Waals surface area contributed by atoms with Gasteiger partial charge in [-0.1, -0.05) is 55.9 Å². The lowest BCUT2D eigenvalue weighted by molar-refractivity contribution is -0.150. The number of rotatable bonds is 6. The number of hydrogen-bond acceptors (Lipinski definition) is 6. The highest BCUT2D eigenvalue weighted by atomic mass is 32.2. The zero-order valence-corrected chi connectivity index (χ0v) is 19.9. The van der Waals surface area contributed by atoms with Gasteiger partial charge in [-0.15, -0.1) is 0 Å². The van der Waals surface area contributed by atoms with E-state index in [2.05, 4.69) is 24.2 Å². The molecule has 1 amide bonds. The lowest BCUT2D eigenvalue weighted by Crippen LogP contribution is -2.39. The summed E-state index contributed by atoms with van der Waals surface area (Å²) in [6, 6.07) is 9.42. The molecule has 0 saturated heterocycles. The van der Waals surface area contributed by atoms with Crippen LogP contribution in [0.4, 0.5) is 0 Å². The minimum atomic E-state index is -0.620. The first-order chi connectivity index (χ1) is 14.6. The lowest BCUT2D eigenvalue weighted by Gasteiger charge is -2.37. The lowest BCUT2D eigenvalue weighted by atomic mass is 9.93. The molecule has 2 aliphatic heterocycles. The molecule has 166 valence electrons. The maximum atomic E-state index is 13.2. The molecule has 0 radical (unpaired) electrons. The zero-order chi connectivity index (χ0) is 22.8. The monoisotopic (exact) mass is 441 g/mol. The van der Waals surface area contributed by atoms with E-state index in [1.807, 2.05) is 68.3 Å². The summed E-state index contributed by atoms with van der Waals surface area (Å²) in [4.78, 5) is 32.5. The Hall–Kier alpha value is -2.54. The second-order valence-corrected chi connectivity index (χ2v) is 10.0. The van der Waals surface area contributed by atoms with Crippen molar-refractivity contribution in [3.8, 4) is 0 Å². The van der Waals surface area contributed by atoms with Crippen molar-refractivity contribution in [1.29, 1.82) is 0 Å². The Balaban J connectivity index is 1.97. The molecule has 0 spiro atoms. The third-order valence-electron chi connectivity index (χ3n) is 4.78. The summed E-state index contributed by atoms with van der Waals surface area (Å²) in [6.45, 7) is 12.2. The van der Waals surface area contributed by atoms with Crippen molar-refractivity contribution in [2.75, 3.05) is 6.54 Å².